The largest absolute Gasteiger partial charge is 0.462 e. The Morgan fingerprint density at radius 1 is 1.11 bits per heavy atom. The monoisotopic (exact) mass is 528 g/mol. The van der Waals surface area contributed by atoms with Gasteiger partial charge in [-0.3, -0.25) is 4.79 Å². The Kier molecular flexibility index (Phi) is 6.71. The van der Waals surface area contributed by atoms with E-state index < -0.39 is 17.5 Å². The molecule has 0 aromatic rings. The van der Waals surface area contributed by atoms with E-state index >= 15 is 0 Å². The highest BCUT2D eigenvalue weighted by Gasteiger charge is 2.74. The van der Waals surface area contributed by atoms with Gasteiger partial charge in [-0.1, -0.05) is 35.8 Å². The van der Waals surface area contributed by atoms with Gasteiger partial charge in [0.1, 0.15) is 11.8 Å². The Labute approximate surface area is 224 Å². The Morgan fingerprint density at radius 2 is 1.87 bits per heavy atom. The molecule has 38 heavy (non-hydrogen) atoms. The number of nitrogens with zero attached hydrogens (tertiary/aromatic N) is 2. The average molecular weight is 529 g/mol. The molecule has 3 saturated carbocycles. The van der Waals surface area contributed by atoms with Crippen molar-refractivity contribution in [2.24, 2.45) is 44.8 Å². The highest BCUT2D eigenvalue weighted by atomic mass is 16.7. The first kappa shape index (κ1) is 26.9. The molecule has 9 heteroatoms. The summed E-state index contributed by atoms with van der Waals surface area (Å²) in [5, 5.41) is 8.47. The lowest BCUT2D eigenvalue weighted by Crippen LogP contribution is -2.59. The predicted octanol–water partition coefficient (Wildman–Crippen LogP) is 4.73. The van der Waals surface area contributed by atoms with Crippen LogP contribution in [0.3, 0.4) is 0 Å². The van der Waals surface area contributed by atoms with Crippen LogP contribution < -0.4 is 0 Å². The van der Waals surface area contributed by atoms with Gasteiger partial charge in [-0.15, -0.1) is 0 Å². The highest BCUT2D eigenvalue weighted by molar-refractivity contribution is 6.38. The normalized spacial score (nSPS) is 41.3. The second kappa shape index (κ2) is 9.49. The molecule has 208 valence electrons. The molecule has 0 amide bonds. The Balaban J connectivity index is 1.50. The van der Waals surface area contributed by atoms with Crippen LogP contribution in [-0.2, 0) is 33.5 Å². The number of carbonyl (C=O) groups excluding carboxylic acids is 3. The predicted molar refractivity (Wildman–Crippen MR) is 139 cm³/mol. The zero-order valence-corrected chi connectivity index (χ0v) is 23.4. The lowest BCUT2D eigenvalue weighted by Gasteiger charge is -2.58. The first-order valence-electron chi connectivity index (χ1n) is 14.0. The van der Waals surface area contributed by atoms with E-state index in [4.69, 9.17) is 19.1 Å². The minimum atomic E-state index is -0.974. The molecule has 1 aliphatic heterocycles. The second-order valence-corrected chi connectivity index (χ2v) is 12.3. The number of carbonyl (C=O) groups is 3. The summed E-state index contributed by atoms with van der Waals surface area (Å²) < 4.78 is 10.9. The maximum Gasteiger partial charge on any atom is 0.356 e. The van der Waals surface area contributed by atoms with Crippen LogP contribution in [0.4, 0.5) is 0 Å². The summed E-state index contributed by atoms with van der Waals surface area (Å²) >= 11 is 0. The van der Waals surface area contributed by atoms with Crippen LogP contribution in [0.15, 0.2) is 22.0 Å². The first-order valence-corrected chi connectivity index (χ1v) is 14.0. The molecule has 5 rings (SSSR count). The summed E-state index contributed by atoms with van der Waals surface area (Å²) in [4.78, 5) is 47.5. The van der Waals surface area contributed by atoms with E-state index in [9.17, 15) is 14.4 Å². The summed E-state index contributed by atoms with van der Waals surface area (Å²) in [6, 6.07) is 0. The Hall–Kier alpha value is -2.71. The quantitative estimate of drug-likeness (QED) is 0.167. The molecule has 0 aromatic carbocycles. The third-order valence-electron chi connectivity index (χ3n) is 10.6. The van der Waals surface area contributed by atoms with E-state index in [0.717, 1.165) is 44.9 Å². The molecule has 4 aliphatic carbocycles. The fourth-order valence-electron chi connectivity index (χ4n) is 8.97. The van der Waals surface area contributed by atoms with E-state index in [-0.39, 0.29) is 41.3 Å². The molecule has 5 aliphatic rings. The van der Waals surface area contributed by atoms with E-state index in [2.05, 4.69) is 30.2 Å². The van der Waals surface area contributed by atoms with Gasteiger partial charge in [0.05, 0.1) is 12.5 Å². The van der Waals surface area contributed by atoms with Gasteiger partial charge in [-0.25, -0.2) is 9.59 Å². The molecule has 0 bridgehead atoms. The Morgan fingerprint density at radius 3 is 2.55 bits per heavy atom. The van der Waals surface area contributed by atoms with Gasteiger partial charge in [0.25, 0.3) is 0 Å². The van der Waals surface area contributed by atoms with Gasteiger partial charge in [-0.2, -0.15) is 0 Å². The Bertz CT molecular complexity index is 1130. The van der Waals surface area contributed by atoms with Crippen molar-refractivity contribution >= 4 is 29.3 Å². The number of ether oxygens (including phenoxy) is 2. The standard InChI is InChI=1S/C29H40N2O7/c1-7-35-26(34)25-24-15-23-21-9-8-19-14-20(36-17(3)32)10-12-27(19,5)22(21)11-13-28(23,6)29(24,38-31-25)16(2)30-37-18(4)33/h8,20-24H,7,9-15H2,1-6H3/t20-,21-,22+,23+,24-,27-,28-,29-/m0/s1. The van der Waals surface area contributed by atoms with Crippen molar-refractivity contribution in [1.29, 1.82) is 0 Å². The minimum Gasteiger partial charge on any atom is -0.462 e. The molecule has 0 radical (unpaired) electrons. The molecule has 3 fully saturated rings. The van der Waals surface area contributed by atoms with Gasteiger partial charge in [0.2, 0.25) is 0 Å². The van der Waals surface area contributed by atoms with Gasteiger partial charge in [0, 0.05) is 25.7 Å². The number of allylic oxidation sites excluding steroid dienone is 1. The van der Waals surface area contributed by atoms with E-state index in [1.807, 2.05) is 6.92 Å². The molecule has 0 unspecified atom stereocenters. The van der Waals surface area contributed by atoms with E-state index in [0.29, 0.717) is 23.3 Å². The zero-order valence-electron chi connectivity index (χ0n) is 23.4. The molecular formula is C29H40N2O7. The number of hydrogen-bond acceptors (Lipinski definition) is 9. The van der Waals surface area contributed by atoms with Crippen molar-refractivity contribution in [2.75, 3.05) is 6.61 Å². The average Bonchev–Trinajstić information content (AvgIpc) is 3.36. The lowest BCUT2D eigenvalue weighted by molar-refractivity contribution is -0.149. The van der Waals surface area contributed by atoms with Crippen molar-refractivity contribution in [2.45, 2.75) is 98.2 Å². The smallest absolute Gasteiger partial charge is 0.356 e. The second-order valence-electron chi connectivity index (χ2n) is 12.3. The van der Waals surface area contributed by atoms with Gasteiger partial charge >= 0.3 is 17.9 Å². The maximum atomic E-state index is 13.0. The van der Waals surface area contributed by atoms with Crippen molar-refractivity contribution in [1.82, 2.24) is 0 Å². The lowest BCUT2D eigenvalue weighted by atomic mass is 9.46. The molecule has 9 nitrogen and oxygen atoms in total. The number of oxime groups is 2. The van der Waals surface area contributed by atoms with Gasteiger partial charge in [0.15, 0.2) is 11.3 Å². The van der Waals surface area contributed by atoms with Crippen LogP contribution in [-0.4, -0.2) is 47.6 Å². The fourth-order valence-corrected chi connectivity index (χ4v) is 8.97. The molecule has 8 atom stereocenters. The number of hydrogen-bond donors (Lipinski definition) is 0. The van der Waals surface area contributed by atoms with Gasteiger partial charge < -0.3 is 19.1 Å². The number of rotatable bonds is 5. The molecule has 1 heterocycles. The molecule has 0 aromatic heterocycles. The van der Waals surface area contributed by atoms with Crippen molar-refractivity contribution in [3.63, 3.8) is 0 Å². The van der Waals surface area contributed by atoms with Crippen LogP contribution >= 0.6 is 0 Å². The highest BCUT2D eigenvalue weighted by Crippen LogP contribution is 2.70. The van der Waals surface area contributed by atoms with E-state index in [1.165, 1.54) is 19.4 Å². The van der Waals surface area contributed by atoms with Crippen LogP contribution in [0.1, 0.15) is 86.5 Å². The fraction of sp³-hybridized carbons (Fsp3) is 0.759. The van der Waals surface area contributed by atoms with Crippen molar-refractivity contribution < 1.29 is 33.5 Å². The summed E-state index contributed by atoms with van der Waals surface area (Å²) in [5.74, 6) is -0.351. The third-order valence-corrected chi connectivity index (χ3v) is 10.6. The zero-order chi connectivity index (χ0) is 27.5. The van der Waals surface area contributed by atoms with Crippen molar-refractivity contribution in [3.8, 4) is 0 Å². The molecule has 0 saturated heterocycles. The first-order chi connectivity index (χ1) is 18.0. The van der Waals surface area contributed by atoms with E-state index in [1.54, 1.807) is 6.92 Å². The summed E-state index contributed by atoms with van der Waals surface area (Å²) in [7, 11) is 0. The minimum absolute atomic E-state index is 0.0387. The topological polar surface area (TPSA) is 113 Å². The van der Waals surface area contributed by atoms with Gasteiger partial charge in [-0.05, 0) is 75.5 Å². The molecule has 0 spiro atoms. The summed E-state index contributed by atoms with van der Waals surface area (Å²) in [5.41, 5.74) is 0.983. The molecular weight excluding hydrogens is 488 g/mol. The van der Waals surface area contributed by atoms with Crippen LogP contribution in [0.2, 0.25) is 0 Å². The number of fused-ring (bicyclic) bond motifs is 7. The van der Waals surface area contributed by atoms with Crippen molar-refractivity contribution in [3.05, 3.63) is 11.6 Å². The summed E-state index contributed by atoms with van der Waals surface area (Å²) in [6.07, 6.45) is 8.60. The summed E-state index contributed by atoms with van der Waals surface area (Å²) in [6.45, 7) is 11.3. The van der Waals surface area contributed by atoms with Crippen LogP contribution in [0.25, 0.3) is 0 Å². The SMILES string of the molecule is CCOC(=O)C1=NO[C@@]2(C(C)=NOC(C)=O)[C@H]1C[C@@H]1[C@H]3CC=C4C[C@@H](OC(C)=O)CC[C@]4(C)[C@@H]3CC[C@@]12C. The number of esters is 2. The molecule has 0 N–H and O–H groups in total. The van der Waals surface area contributed by atoms with Crippen LogP contribution in [0.5, 0.6) is 0 Å². The maximum absolute atomic E-state index is 13.0. The van der Waals surface area contributed by atoms with Crippen LogP contribution in [0, 0.1) is 34.5 Å². The third kappa shape index (κ3) is 3.82.